The van der Waals surface area contributed by atoms with Crippen molar-refractivity contribution >= 4 is 29.3 Å². The molecule has 0 spiro atoms. The summed E-state index contributed by atoms with van der Waals surface area (Å²) in [5.41, 5.74) is 0.948. The molecule has 34 heavy (non-hydrogen) atoms. The minimum absolute atomic E-state index is 0.0371. The summed E-state index contributed by atoms with van der Waals surface area (Å²) in [5, 5.41) is 10.9. The topological polar surface area (TPSA) is 157 Å². The molecule has 182 valence electrons. The molecule has 1 aromatic heterocycles. The van der Waals surface area contributed by atoms with Crippen molar-refractivity contribution in [2.24, 2.45) is 5.92 Å². The second-order valence-electron chi connectivity index (χ2n) is 7.86. The van der Waals surface area contributed by atoms with Crippen molar-refractivity contribution < 1.29 is 33.2 Å². The van der Waals surface area contributed by atoms with Crippen molar-refractivity contribution in [1.29, 1.82) is 0 Å². The zero-order chi connectivity index (χ0) is 25.3. The molecule has 0 fully saturated rings. The molecule has 0 saturated carbocycles. The summed E-state index contributed by atoms with van der Waals surface area (Å²) in [6, 6.07) is 5.25. The van der Waals surface area contributed by atoms with Gasteiger partial charge < -0.3 is 25.2 Å². The Morgan fingerprint density at radius 1 is 1.06 bits per heavy atom. The highest BCUT2D eigenvalue weighted by molar-refractivity contribution is 5.97. The van der Waals surface area contributed by atoms with Gasteiger partial charge >= 0.3 is 0 Å². The van der Waals surface area contributed by atoms with Crippen LogP contribution in [0.5, 0.6) is 5.75 Å². The lowest BCUT2D eigenvalue weighted by atomic mass is 10.0. The molecule has 0 aliphatic rings. The Morgan fingerprint density at radius 2 is 1.76 bits per heavy atom. The average molecular weight is 472 g/mol. The number of hydrogen-bond acceptors (Lipinski definition) is 8. The number of nitrogens with zero attached hydrogens (tertiary/aromatic N) is 1. The van der Waals surface area contributed by atoms with Gasteiger partial charge in [-0.1, -0.05) is 19.0 Å². The first kappa shape index (κ1) is 26.2. The van der Waals surface area contributed by atoms with Gasteiger partial charge in [-0.15, -0.1) is 0 Å². The van der Waals surface area contributed by atoms with Crippen LogP contribution in [0.25, 0.3) is 0 Å². The minimum Gasteiger partial charge on any atom is -0.496 e. The van der Waals surface area contributed by atoms with Gasteiger partial charge in [0.15, 0.2) is 11.6 Å². The van der Waals surface area contributed by atoms with Crippen LogP contribution in [0.15, 0.2) is 35.0 Å². The Balaban J connectivity index is 1.91. The van der Waals surface area contributed by atoms with Crippen molar-refractivity contribution in [2.75, 3.05) is 20.2 Å². The lowest BCUT2D eigenvalue weighted by Crippen LogP contribution is -2.51. The van der Waals surface area contributed by atoms with Gasteiger partial charge in [-0.05, 0) is 31.0 Å². The van der Waals surface area contributed by atoms with E-state index in [9.17, 15) is 24.0 Å². The number of ketones is 2. The molecule has 1 aromatic carbocycles. The van der Waals surface area contributed by atoms with Gasteiger partial charge in [0.2, 0.25) is 17.6 Å². The van der Waals surface area contributed by atoms with Crippen molar-refractivity contribution in [1.82, 2.24) is 21.1 Å². The number of rotatable bonds is 12. The number of nitrogens with one attached hydrogen (secondary N) is 3. The van der Waals surface area contributed by atoms with E-state index in [2.05, 4.69) is 25.6 Å². The lowest BCUT2D eigenvalue weighted by Gasteiger charge is -2.22. The number of hydrogen-bond donors (Lipinski definition) is 3. The van der Waals surface area contributed by atoms with Gasteiger partial charge in [0.1, 0.15) is 11.8 Å². The summed E-state index contributed by atoms with van der Waals surface area (Å²) in [4.78, 5) is 60.7. The van der Waals surface area contributed by atoms with Gasteiger partial charge in [0.05, 0.1) is 32.8 Å². The Morgan fingerprint density at radius 3 is 2.35 bits per heavy atom. The van der Waals surface area contributed by atoms with Crippen LogP contribution in [0.4, 0.5) is 0 Å². The van der Waals surface area contributed by atoms with E-state index in [1.54, 1.807) is 32.0 Å². The summed E-state index contributed by atoms with van der Waals surface area (Å²) in [6.07, 6.45) is 1.20. The maximum absolute atomic E-state index is 12.6. The zero-order valence-corrected chi connectivity index (χ0v) is 19.5. The number of Topliss-reactive ketones (excluding diaryl/α,β-unsaturated/α-hetero) is 2. The molecule has 2 rings (SSSR count). The standard InChI is InChI=1S/C23H28N4O7/c1-13(2)21(23(32)25-12-17(29)11-24-22(31)19-7-8-26-34-19)27-20(30)10-16-9-15(14(3)28)5-6-18(16)33-4/h5-9,13,21H,10-12H2,1-4H3,(H,24,31)(H,25,32)(H,27,30). The zero-order valence-electron chi connectivity index (χ0n) is 19.5. The number of benzene rings is 1. The third-order valence-electron chi connectivity index (χ3n) is 4.87. The number of carbonyl (C=O) groups excluding carboxylic acids is 5. The van der Waals surface area contributed by atoms with Crippen LogP contribution < -0.4 is 20.7 Å². The Hall–Kier alpha value is -4.02. The fourth-order valence-electron chi connectivity index (χ4n) is 3.03. The predicted octanol–water partition coefficient (Wildman–Crippen LogP) is 0.684. The Kier molecular flexibility index (Phi) is 9.48. The number of carbonyl (C=O) groups is 5. The van der Waals surface area contributed by atoms with Crippen LogP contribution >= 0.6 is 0 Å². The molecule has 0 aliphatic carbocycles. The molecule has 1 heterocycles. The molecule has 11 nitrogen and oxygen atoms in total. The first-order chi connectivity index (χ1) is 16.1. The second kappa shape index (κ2) is 12.3. The van der Waals surface area contributed by atoms with Gasteiger partial charge in [-0.2, -0.15) is 0 Å². The van der Waals surface area contributed by atoms with Crippen molar-refractivity contribution in [2.45, 2.75) is 33.2 Å². The molecule has 0 aliphatic heterocycles. The van der Waals surface area contributed by atoms with Gasteiger partial charge in [0.25, 0.3) is 5.91 Å². The van der Waals surface area contributed by atoms with Crippen LogP contribution in [0.3, 0.4) is 0 Å². The highest BCUT2D eigenvalue weighted by atomic mass is 16.5. The molecule has 0 radical (unpaired) electrons. The number of methoxy groups -OCH3 is 1. The lowest BCUT2D eigenvalue weighted by molar-refractivity contribution is -0.130. The Labute approximate surface area is 196 Å². The van der Waals surface area contributed by atoms with E-state index >= 15 is 0 Å². The molecule has 0 bridgehead atoms. The number of ether oxygens (including phenoxy) is 1. The highest BCUT2D eigenvalue weighted by Crippen LogP contribution is 2.21. The van der Waals surface area contributed by atoms with Crippen LogP contribution in [0, 0.1) is 5.92 Å². The van der Waals surface area contributed by atoms with E-state index < -0.39 is 29.5 Å². The van der Waals surface area contributed by atoms with E-state index in [4.69, 9.17) is 4.74 Å². The first-order valence-corrected chi connectivity index (χ1v) is 10.6. The normalized spacial score (nSPS) is 11.4. The summed E-state index contributed by atoms with van der Waals surface area (Å²) >= 11 is 0. The van der Waals surface area contributed by atoms with Crippen molar-refractivity contribution in [3.63, 3.8) is 0 Å². The smallest absolute Gasteiger partial charge is 0.290 e. The second-order valence-corrected chi connectivity index (χ2v) is 7.86. The van der Waals surface area contributed by atoms with Crippen LogP contribution in [-0.2, 0) is 20.8 Å². The van der Waals surface area contributed by atoms with Crippen LogP contribution in [-0.4, -0.2) is 60.7 Å². The van der Waals surface area contributed by atoms with Crippen LogP contribution in [0.2, 0.25) is 0 Å². The Bertz CT molecular complexity index is 1050. The van der Waals surface area contributed by atoms with Gasteiger partial charge in [0, 0.05) is 17.2 Å². The van der Waals surface area contributed by atoms with E-state index in [0.29, 0.717) is 16.9 Å². The number of amides is 3. The maximum atomic E-state index is 12.6. The molecular weight excluding hydrogens is 444 g/mol. The van der Waals surface area contributed by atoms with E-state index in [-0.39, 0.29) is 37.0 Å². The minimum atomic E-state index is -0.897. The van der Waals surface area contributed by atoms with Crippen molar-refractivity contribution in [3.8, 4) is 5.75 Å². The monoisotopic (exact) mass is 472 g/mol. The highest BCUT2D eigenvalue weighted by Gasteiger charge is 2.25. The van der Waals surface area contributed by atoms with E-state index in [0.717, 1.165) is 0 Å². The first-order valence-electron chi connectivity index (χ1n) is 10.6. The average Bonchev–Trinajstić information content (AvgIpc) is 3.34. The molecule has 3 amide bonds. The van der Waals surface area contributed by atoms with Crippen LogP contribution in [0.1, 0.15) is 47.2 Å². The molecule has 11 heteroatoms. The molecule has 2 aromatic rings. The SMILES string of the molecule is COc1ccc(C(C)=O)cc1CC(=O)NC(C(=O)NCC(=O)CNC(=O)c1ccno1)C(C)C. The van der Waals surface area contributed by atoms with Crippen molar-refractivity contribution in [3.05, 3.63) is 47.3 Å². The van der Waals surface area contributed by atoms with Gasteiger partial charge in [-0.3, -0.25) is 24.0 Å². The fourth-order valence-corrected chi connectivity index (χ4v) is 3.03. The molecule has 3 N–H and O–H groups in total. The van der Waals surface area contributed by atoms with E-state index in [1.165, 1.54) is 26.3 Å². The van der Waals surface area contributed by atoms with E-state index in [1.807, 2.05) is 0 Å². The third kappa shape index (κ3) is 7.54. The summed E-state index contributed by atoms with van der Waals surface area (Å²) < 4.78 is 9.95. The predicted molar refractivity (Wildman–Crippen MR) is 120 cm³/mol. The molecule has 1 atom stereocenters. The summed E-state index contributed by atoms with van der Waals surface area (Å²) in [6.45, 7) is 4.28. The summed E-state index contributed by atoms with van der Waals surface area (Å²) in [7, 11) is 1.46. The molecular formula is C23H28N4O7. The maximum Gasteiger partial charge on any atom is 0.290 e. The fraction of sp³-hybridized carbons (Fsp3) is 0.391. The summed E-state index contributed by atoms with van der Waals surface area (Å²) in [5.74, 6) is -2.04. The molecule has 0 saturated heterocycles. The quantitative estimate of drug-likeness (QED) is 0.381. The third-order valence-corrected chi connectivity index (χ3v) is 4.87. The molecule has 1 unspecified atom stereocenters. The number of aromatic nitrogens is 1. The largest absolute Gasteiger partial charge is 0.496 e. The van der Waals surface area contributed by atoms with Gasteiger partial charge in [-0.25, -0.2) is 0 Å².